The molecule has 4 rings (SSSR count). The first kappa shape index (κ1) is 25.1. The molecule has 0 saturated carbocycles. The summed E-state index contributed by atoms with van der Waals surface area (Å²) in [6.45, 7) is 8.89. The highest BCUT2D eigenvalue weighted by molar-refractivity contribution is 6.01. The molecule has 0 aliphatic carbocycles. The van der Waals surface area contributed by atoms with Crippen molar-refractivity contribution in [3.63, 3.8) is 0 Å². The van der Waals surface area contributed by atoms with Crippen molar-refractivity contribution >= 4 is 5.71 Å². The van der Waals surface area contributed by atoms with Crippen molar-refractivity contribution in [3.8, 4) is 0 Å². The molecule has 0 bridgehead atoms. The zero-order chi connectivity index (χ0) is 24.0. The van der Waals surface area contributed by atoms with Crippen molar-refractivity contribution in [1.82, 2.24) is 14.5 Å². The number of aliphatic hydroxyl groups excluding tert-OH is 1. The van der Waals surface area contributed by atoms with Gasteiger partial charge in [0.05, 0.1) is 5.71 Å². The van der Waals surface area contributed by atoms with Gasteiger partial charge in [0.25, 0.3) is 5.56 Å². The van der Waals surface area contributed by atoms with E-state index in [0.29, 0.717) is 36.6 Å². The van der Waals surface area contributed by atoms with Crippen molar-refractivity contribution in [2.45, 2.75) is 65.5 Å². The number of aromatic nitrogens is 2. The number of hydrogen-bond acceptors (Lipinski definition) is 6. The Morgan fingerprint density at radius 3 is 2.45 bits per heavy atom. The number of hydrogen-bond donors (Lipinski definition) is 2. The summed E-state index contributed by atoms with van der Waals surface area (Å²) in [6.07, 6.45) is 3.08. The Labute approximate surface area is 194 Å². The first-order chi connectivity index (χ1) is 16.0. The summed E-state index contributed by atoms with van der Waals surface area (Å²) in [7, 11) is 0. The molecule has 1 fully saturated rings. The molecule has 33 heavy (non-hydrogen) atoms. The molecule has 2 aromatic rings. The van der Waals surface area contributed by atoms with Gasteiger partial charge in [-0.25, -0.2) is 9.37 Å². The zero-order valence-corrected chi connectivity index (χ0v) is 19.8. The number of oxime groups is 1. The third-order valence-electron chi connectivity index (χ3n) is 6.56. The van der Waals surface area contributed by atoms with Crippen LogP contribution in [0.4, 0.5) is 4.39 Å². The van der Waals surface area contributed by atoms with Gasteiger partial charge >= 0.3 is 0 Å². The number of fused-ring (bicyclic) bond motifs is 1. The van der Waals surface area contributed by atoms with Gasteiger partial charge in [-0.1, -0.05) is 31.1 Å². The Morgan fingerprint density at radius 2 is 1.82 bits per heavy atom. The summed E-state index contributed by atoms with van der Waals surface area (Å²) in [5.74, 6) is 0.300. The molecule has 2 aliphatic heterocycles. The van der Waals surface area contributed by atoms with Gasteiger partial charge in [0, 0.05) is 30.3 Å². The standard InChI is InChI=1S/C23H29FN4O3.C2H6/c1-15-19(23(30)28-11-2-3-20(29)22(28)25-15)10-14-27-12-8-17(9-13-27)21(26-31)16-4-6-18(24)7-5-16;1-2/h4-7,17,20,29,31H,2-3,8-14H2,1H3;1-2H3/b26-21+;. The molecule has 1 atom stereocenters. The Morgan fingerprint density at radius 1 is 1.15 bits per heavy atom. The number of halogens is 1. The van der Waals surface area contributed by atoms with Crippen molar-refractivity contribution in [2.75, 3.05) is 19.6 Å². The molecule has 8 heteroatoms. The molecule has 0 radical (unpaired) electrons. The largest absolute Gasteiger partial charge is 0.411 e. The Hall–Kier alpha value is -2.58. The molecule has 1 unspecified atom stereocenters. The zero-order valence-electron chi connectivity index (χ0n) is 19.8. The van der Waals surface area contributed by atoms with Gasteiger partial charge < -0.3 is 15.2 Å². The summed E-state index contributed by atoms with van der Waals surface area (Å²) in [5.41, 5.74) is 2.75. The smallest absolute Gasteiger partial charge is 0.257 e. The monoisotopic (exact) mass is 458 g/mol. The maximum absolute atomic E-state index is 13.2. The lowest BCUT2D eigenvalue weighted by molar-refractivity contribution is 0.129. The molecule has 2 N–H and O–H groups in total. The van der Waals surface area contributed by atoms with E-state index in [9.17, 15) is 19.5 Å². The molecule has 3 heterocycles. The van der Waals surface area contributed by atoms with Crippen LogP contribution in [0.1, 0.15) is 68.3 Å². The van der Waals surface area contributed by atoms with Crippen LogP contribution in [0.5, 0.6) is 0 Å². The maximum atomic E-state index is 13.2. The third-order valence-corrected chi connectivity index (χ3v) is 6.56. The lowest BCUT2D eigenvalue weighted by Gasteiger charge is -2.32. The fourth-order valence-electron chi connectivity index (χ4n) is 4.75. The Bertz CT molecular complexity index is 1010. The average molecular weight is 459 g/mol. The third kappa shape index (κ3) is 5.68. The second-order valence-electron chi connectivity index (χ2n) is 8.51. The predicted octanol–water partition coefficient (Wildman–Crippen LogP) is 3.68. The molecule has 0 amide bonds. The minimum absolute atomic E-state index is 0.0258. The van der Waals surface area contributed by atoms with Crippen LogP contribution in [-0.4, -0.2) is 50.1 Å². The fourth-order valence-corrected chi connectivity index (χ4v) is 4.75. The lowest BCUT2D eigenvalue weighted by atomic mass is 9.88. The highest BCUT2D eigenvalue weighted by Crippen LogP contribution is 2.24. The summed E-state index contributed by atoms with van der Waals surface area (Å²) in [6, 6.07) is 6.05. The second-order valence-corrected chi connectivity index (χ2v) is 8.51. The molecule has 1 aromatic carbocycles. The first-order valence-corrected chi connectivity index (χ1v) is 12.0. The van der Waals surface area contributed by atoms with Crippen molar-refractivity contribution in [3.05, 3.63) is 63.1 Å². The van der Waals surface area contributed by atoms with Crippen LogP contribution in [0, 0.1) is 18.7 Å². The summed E-state index contributed by atoms with van der Waals surface area (Å²) in [4.78, 5) is 19.8. The molecule has 180 valence electrons. The maximum Gasteiger partial charge on any atom is 0.257 e. The van der Waals surface area contributed by atoms with Crippen LogP contribution in [-0.2, 0) is 13.0 Å². The van der Waals surface area contributed by atoms with Crippen LogP contribution in [0.15, 0.2) is 34.2 Å². The fraction of sp³-hybridized carbons (Fsp3) is 0.560. The van der Waals surface area contributed by atoms with Crippen molar-refractivity contribution < 1.29 is 14.7 Å². The minimum Gasteiger partial charge on any atom is -0.411 e. The number of likely N-dealkylation sites (tertiary alicyclic amines) is 1. The Kier molecular flexibility index (Phi) is 8.74. The van der Waals surface area contributed by atoms with E-state index in [2.05, 4.69) is 15.0 Å². The van der Waals surface area contributed by atoms with Gasteiger partial charge in [0.15, 0.2) is 0 Å². The van der Waals surface area contributed by atoms with Gasteiger partial charge in [-0.15, -0.1) is 0 Å². The van der Waals surface area contributed by atoms with Crippen LogP contribution in [0.2, 0.25) is 0 Å². The van der Waals surface area contributed by atoms with E-state index in [1.807, 2.05) is 20.8 Å². The van der Waals surface area contributed by atoms with Gasteiger partial charge in [-0.05, 0) is 69.8 Å². The highest BCUT2D eigenvalue weighted by atomic mass is 19.1. The van der Waals surface area contributed by atoms with Gasteiger partial charge in [0.2, 0.25) is 0 Å². The Balaban J connectivity index is 0.00000149. The van der Waals surface area contributed by atoms with Gasteiger partial charge in [0.1, 0.15) is 17.7 Å². The summed E-state index contributed by atoms with van der Waals surface area (Å²) < 4.78 is 14.8. The number of aliphatic hydroxyl groups is 1. The van der Waals surface area contributed by atoms with Crippen LogP contribution in [0.3, 0.4) is 0 Å². The second kappa shape index (κ2) is 11.5. The number of rotatable bonds is 5. The van der Waals surface area contributed by atoms with E-state index >= 15 is 0 Å². The molecule has 7 nitrogen and oxygen atoms in total. The molecule has 1 aromatic heterocycles. The highest BCUT2D eigenvalue weighted by Gasteiger charge is 2.26. The van der Waals surface area contributed by atoms with E-state index < -0.39 is 6.10 Å². The van der Waals surface area contributed by atoms with Crippen molar-refractivity contribution in [1.29, 1.82) is 0 Å². The summed E-state index contributed by atoms with van der Waals surface area (Å²) in [5, 5.41) is 23.2. The average Bonchev–Trinajstić information content (AvgIpc) is 2.83. The van der Waals surface area contributed by atoms with E-state index in [4.69, 9.17) is 0 Å². The molecular formula is C25H35FN4O3. The molecule has 2 aliphatic rings. The minimum atomic E-state index is -0.656. The van der Waals surface area contributed by atoms with E-state index in [0.717, 1.165) is 50.0 Å². The van der Waals surface area contributed by atoms with Crippen LogP contribution in [0.25, 0.3) is 0 Å². The first-order valence-electron chi connectivity index (χ1n) is 12.0. The van der Waals surface area contributed by atoms with Gasteiger partial charge in [-0.2, -0.15) is 0 Å². The number of nitrogens with zero attached hydrogens (tertiary/aromatic N) is 4. The SMILES string of the molecule is CC.Cc1nc2n(c(=O)c1CCN1CCC(/C(=N/O)c3ccc(F)cc3)CC1)CCCC2O. The number of piperidine rings is 1. The lowest BCUT2D eigenvalue weighted by Crippen LogP contribution is -2.39. The number of benzene rings is 1. The van der Waals surface area contributed by atoms with Crippen molar-refractivity contribution in [2.24, 2.45) is 11.1 Å². The molecule has 0 spiro atoms. The summed E-state index contributed by atoms with van der Waals surface area (Å²) >= 11 is 0. The van der Waals surface area contributed by atoms with E-state index in [1.165, 1.54) is 12.1 Å². The van der Waals surface area contributed by atoms with E-state index in [1.54, 1.807) is 16.7 Å². The topological polar surface area (TPSA) is 91.0 Å². The normalized spacial score (nSPS) is 19.5. The molecular weight excluding hydrogens is 423 g/mol. The predicted molar refractivity (Wildman–Crippen MR) is 126 cm³/mol. The quantitative estimate of drug-likeness (QED) is 0.405. The molecule has 1 saturated heterocycles. The van der Waals surface area contributed by atoms with Crippen LogP contribution >= 0.6 is 0 Å². The van der Waals surface area contributed by atoms with Gasteiger partial charge in [-0.3, -0.25) is 9.36 Å². The number of aryl methyl sites for hydroxylation is 1. The van der Waals surface area contributed by atoms with Crippen LogP contribution < -0.4 is 5.56 Å². The van der Waals surface area contributed by atoms with E-state index in [-0.39, 0.29) is 17.3 Å².